The van der Waals surface area contributed by atoms with E-state index in [0.29, 0.717) is 19.5 Å². The minimum Gasteiger partial charge on any atom is -0.343 e. The molecular weight excluding hydrogens is 413 g/mol. The van der Waals surface area contributed by atoms with Crippen molar-refractivity contribution in [3.05, 3.63) is 71.7 Å². The zero-order valence-corrected chi connectivity index (χ0v) is 18.0. The van der Waals surface area contributed by atoms with Crippen molar-refractivity contribution in [1.82, 2.24) is 19.5 Å². The quantitative estimate of drug-likeness (QED) is 0.489. The van der Waals surface area contributed by atoms with Gasteiger partial charge in [0, 0.05) is 31.7 Å². The van der Waals surface area contributed by atoms with E-state index in [-0.39, 0.29) is 11.7 Å². The molecule has 158 valence electrons. The zero-order chi connectivity index (χ0) is 21.4. The lowest BCUT2D eigenvalue weighted by Crippen LogP contribution is -2.49. The Hall–Kier alpha value is -3.26. The van der Waals surface area contributed by atoms with E-state index in [1.54, 1.807) is 16.6 Å². The number of carbonyl (C=O) groups is 1. The van der Waals surface area contributed by atoms with Crippen molar-refractivity contribution in [2.24, 2.45) is 0 Å². The number of imidazole rings is 1. The summed E-state index contributed by atoms with van der Waals surface area (Å²) in [6, 6.07) is 14.3. The van der Waals surface area contributed by atoms with Crippen LogP contribution in [0.5, 0.6) is 0 Å². The van der Waals surface area contributed by atoms with Gasteiger partial charge in [-0.05, 0) is 42.3 Å². The third-order valence-electron chi connectivity index (χ3n) is 5.68. The van der Waals surface area contributed by atoms with Crippen molar-refractivity contribution in [3.8, 4) is 11.3 Å². The fourth-order valence-electron chi connectivity index (χ4n) is 3.81. The Balaban J connectivity index is 1.23. The molecule has 0 N–H and O–H groups in total. The molecule has 0 bridgehead atoms. The molecule has 1 saturated heterocycles. The van der Waals surface area contributed by atoms with Crippen LogP contribution in [0.15, 0.2) is 54.7 Å². The highest BCUT2D eigenvalue weighted by molar-refractivity contribution is 7.20. The predicted octanol–water partition coefficient (Wildman–Crippen LogP) is 3.80. The largest absolute Gasteiger partial charge is 0.343 e. The van der Waals surface area contributed by atoms with Crippen LogP contribution in [0.1, 0.15) is 11.1 Å². The summed E-state index contributed by atoms with van der Waals surface area (Å²) in [6.45, 7) is 4.92. The number of benzene rings is 2. The van der Waals surface area contributed by atoms with Gasteiger partial charge < -0.3 is 9.80 Å². The van der Waals surface area contributed by atoms with Crippen molar-refractivity contribution in [2.75, 3.05) is 31.1 Å². The molecule has 0 aliphatic carbocycles. The number of carbonyl (C=O) groups excluding carboxylic acids is 1. The summed E-state index contributed by atoms with van der Waals surface area (Å²) in [4.78, 5) is 22.3. The van der Waals surface area contributed by atoms with Gasteiger partial charge in [0.15, 0.2) is 0 Å². The maximum absolute atomic E-state index is 13.1. The number of hydrogen-bond donors (Lipinski definition) is 0. The van der Waals surface area contributed by atoms with Crippen molar-refractivity contribution in [3.63, 3.8) is 0 Å². The lowest BCUT2D eigenvalue weighted by molar-refractivity contribution is -0.130. The van der Waals surface area contributed by atoms with E-state index in [1.807, 2.05) is 42.3 Å². The van der Waals surface area contributed by atoms with Gasteiger partial charge in [0.25, 0.3) is 0 Å². The lowest BCUT2D eigenvalue weighted by atomic mass is 10.1. The van der Waals surface area contributed by atoms with Crippen LogP contribution in [0, 0.1) is 12.7 Å². The molecule has 3 heterocycles. The molecule has 5 rings (SSSR count). The molecule has 4 aromatic rings. The molecule has 2 aromatic carbocycles. The van der Waals surface area contributed by atoms with E-state index in [9.17, 15) is 9.18 Å². The average Bonchev–Trinajstić information content (AvgIpc) is 3.35. The summed E-state index contributed by atoms with van der Waals surface area (Å²) < 4.78 is 14.9. The van der Waals surface area contributed by atoms with Gasteiger partial charge in [-0.15, -0.1) is 5.10 Å². The molecular formula is C23H22FN5OS. The summed E-state index contributed by atoms with van der Waals surface area (Å²) in [6.07, 6.45) is 2.31. The fraction of sp³-hybridized carbons (Fsp3) is 0.261. The van der Waals surface area contributed by atoms with Gasteiger partial charge in [-0.25, -0.2) is 13.9 Å². The van der Waals surface area contributed by atoms with Gasteiger partial charge in [-0.1, -0.05) is 35.6 Å². The minimum atomic E-state index is -0.262. The summed E-state index contributed by atoms with van der Waals surface area (Å²) in [7, 11) is 0. The van der Waals surface area contributed by atoms with Crippen LogP contribution in [-0.4, -0.2) is 51.6 Å². The Bertz CT molecular complexity index is 1190. The average molecular weight is 436 g/mol. The Morgan fingerprint density at radius 3 is 2.52 bits per heavy atom. The van der Waals surface area contributed by atoms with Crippen LogP contribution in [0.25, 0.3) is 16.2 Å². The monoisotopic (exact) mass is 435 g/mol. The summed E-state index contributed by atoms with van der Waals surface area (Å²) in [5.41, 5.74) is 3.88. The predicted molar refractivity (Wildman–Crippen MR) is 120 cm³/mol. The van der Waals surface area contributed by atoms with Gasteiger partial charge in [-0.2, -0.15) is 0 Å². The number of nitrogens with zero attached hydrogens (tertiary/aromatic N) is 5. The van der Waals surface area contributed by atoms with Gasteiger partial charge in [0.1, 0.15) is 5.82 Å². The minimum absolute atomic E-state index is 0.173. The van der Waals surface area contributed by atoms with E-state index >= 15 is 0 Å². The van der Waals surface area contributed by atoms with Crippen molar-refractivity contribution in [2.45, 2.75) is 13.3 Å². The Morgan fingerprint density at radius 2 is 1.81 bits per heavy atom. The molecule has 0 spiro atoms. The highest BCUT2D eigenvalue weighted by Gasteiger charge is 2.24. The first-order valence-electron chi connectivity index (χ1n) is 10.3. The van der Waals surface area contributed by atoms with Gasteiger partial charge in [0.2, 0.25) is 16.0 Å². The smallest absolute Gasteiger partial charge is 0.227 e. The number of aromatic nitrogens is 3. The molecule has 0 radical (unpaired) electrons. The number of halogens is 1. The van der Waals surface area contributed by atoms with Gasteiger partial charge in [0.05, 0.1) is 18.3 Å². The molecule has 8 heteroatoms. The second-order valence-corrected chi connectivity index (χ2v) is 8.65. The van der Waals surface area contributed by atoms with Crippen LogP contribution in [0.4, 0.5) is 9.52 Å². The van der Waals surface area contributed by atoms with Crippen molar-refractivity contribution < 1.29 is 9.18 Å². The third-order valence-corrected chi connectivity index (χ3v) is 6.66. The number of amides is 1. The third kappa shape index (κ3) is 4.03. The summed E-state index contributed by atoms with van der Waals surface area (Å²) in [5, 5.41) is 5.57. The second-order valence-electron chi connectivity index (χ2n) is 7.72. The number of piperazine rings is 1. The van der Waals surface area contributed by atoms with E-state index in [4.69, 9.17) is 0 Å². The molecule has 1 fully saturated rings. The zero-order valence-electron chi connectivity index (χ0n) is 17.2. The fourth-order valence-corrected chi connectivity index (χ4v) is 4.74. The van der Waals surface area contributed by atoms with Gasteiger partial charge >= 0.3 is 0 Å². The van der Waals surface area contributed by atoms with Crippen LogP contribution < -0.4 is 4.90 Å². The Labute approximate surface area is 183 Å². The first kappa shape index (κ1) is 19.7. The first-order chi connectivity index (χ1) is 15.1. The highest BCUT2D eigenvalue weighted by atomic mass is 32.1. The molecule has 0 atom stereocenters. The van der Waals surface area contributed by atoms with Crippen molar-refractivity contribution >= 4 is 27.3 Å². The summed E-state index contributed by atoms with van der Waals surface area (Å²) in [5.74, 6) is -0.0893. The number of hydrogen-bond acceptors (Lipinski definition) is 5. The first-order valence-corrected chi connectivity index (χ1v) is 11.1. The molecule has 1 aliphatic heterocycles. The Kier molecular flexibility index (Phi) is 5.15. The number of rotatable bonds is 4. The molecule has 1 amide bonds. The van der Waals surface area contributed by atoms with Crippen molar-refractivity contribution in [1.29, 1.82) is 0 Å². The maximum Gasteiger partial charge on any atom is 0.227 e. The topological polar surface area (TPSA) is 53.7 Å². The lowest BCUT2D eigenvalue weighted by Gasteiger charge is -2.34. The SMILES string of the molecule is Cc1ccccc1CC(=O)N1CCN(c2nn3cc(-c4ccc(F)cc4)nc3s2)CC1. The van der Waals surface area contributed by atoms with E-state index in [2.05, 4.69) is 15.0 Å². The van der Waals surface area contributed by atoms with E-state index in [1.165, 1.54) is 23.5 Å². The second kappa shape index (κ2) is 8.11. The van der Waals surface area contributed by atoms with Crippen LogP contribution in [0.3, 0.4) is 0 Å². The summed E-state index contributed by atoms with van der Waals surface area (Å²) >= 11 is 1.53. The molecule has 2 aromatic heterocycles. The van der Waals surface area contributed by atoms with Crippen LogP contribution in [-0.2, 0) is 11.2 Å². The van der Waals surface area contributed by atoms with Crippen LogP contribution >= 0.6 is 11.3 Å². The molecule has 31 heavy (non-hydrogen) atoms. The Morgan fingerprint density at radius 1 is 1.06 bits per heavy atom. The van der Waals surface area contributed by atoms with E-state index in [0.717, 1.165) is 45.6 Å². The van der Waals surface area contributed by atoms with Gasteiger partial charge in [-0.3, -0.25) is 4.79 Å². The number of aryl methyl sites for hydroxylation is 1. The van der Waals surface area contributed by atoms with E-state index < -0.39 is 0 Å². The maximum atomic E-state index is 13.1. The number of anilines is 1. The normalized spacial score (nSPS) is 14.4. The highest BCUT2D eigenvalue weighted by Crippen LogP contribution is 2.27. The molecule has 6 nitrogen and oxygen atoms in total. The van der Waals surface area contributed by atoms with Crippen LogP contribution in [0.2, 0.25) is 0 Å². The molecule has 0 unspecified atom stereocenters. The number of fused-ring (bicyclic) bond motifs is 1. The molecule has 0 saturated carbocycles. The standard InChI is InChI=1S/C23H22FN5OS/c1-16-4-2-3-5-18(16)14-21(30)27-10-12-28(13-11-27)23-26-29-15-20(25-22(29)31-23)17-6-8-19(24)9-7-17/h2-9,15H,10-14H2,1H3. The molecule has 1 aliphatic rings.